The standard InChI is InChI=1S/C19H34O4/c1-3-18(23-2)17(20)15-13-11-9-7-5-4-6-8-10-12-14-16-19(21)22/h5,7,11,13,17-18,20H,3-4,6,8-10,12,14-16H2,1-2H3,(H,21,22)/b7-5-,13-11-/t17-,18+/m1/s1. The van der Waals surface area contributed by atoms with Crippen LogP contribution in [-0.4, -0.2) is 35.5 Å². The number of methoxy groups -OCH3 is 1. The SMILES string of the molecule is CC[C@H](OC)[C@H](O)C/C=C\C/C=C\CCCCCCCC(=O)O. The van der Waals surface area contributed by atoms with Crippen LogP contribution < -0.4 is 0 Å². The Kier molecular flexibility index (Phi) is 15.0. The lowest BCUT2D eigenvalue weighted by molar-refractivity contribution is -0.137. The second-order valence-electron chi connectivity index (χ2n) is 5.86. The van der Waals surface area contributed by atoms with Crippen molar-refractivity contribution in [2.45, 2.75) is 83.3 Å². The Morgan fingerprint density at radius 2 is 1.70 bits per heavy atom. The minimum absolute atomic E-state index is 0.0781. The van der Waals surface area contributed by atoms with Crippen molar-refractivity contribution in [2.75, 3.05) is 7.11 Å². The van der Waals surface area contributed by atoms with Crippen LogP contribution in [0.2, 0.25) is 0 Å². The summed E-state index contributed by atoms with van der Waals surface area (Å²) >= 11 is 0. The van der Waals surface area contributed by atoms with E-state index in [1.165, 1.54) is 6.42 Å². The van der Waals surface area contributed by atoms with E-state index in [9.17, 15) is 9.90 Å². The lowest BCUT2D eigenvalue weighted by atomic mass is 10.1. The van der Waals surface area contributed by atoms with Crippen molar-refractivity contribution >= 4 is 5.97 Å². The molecule has 0 aliphatic rings. The first kappa shape index (κ1) is 21.9. The molecule has 0 fully saturated rings. The van der Waals surface area contributed by atoms with Crippen molar-refractivity contribution in [1.82, 2.24) is 0 Å². The summed E-state index contributed by atoms with van der Waals surface area (Å²) in [5.74, 6) is -0.694. The van der Waals surface area contributed by atoms with Gasteiger partial charge in [0, 0.05) is 13.5 Å². The fourth-order valence-electron chi connectivity index (χ4n) is 2.44. The van der Waals surface area contributed by atoms with Gasteiger partial charge in [-0.1, -0.05) is 50.5 Å². The van der Waals surface area contributed by atoms with Gasteiger partial charge in [-0.05, 0) is 38.5 Å². The summed E-state index contributed by atoms with van der Waals surface area (Å²) < 4.78 is 5.20. The second kappa shape index (κ2) is 15.8. The Bertz CT molecular complexity index is 332. The third-order valence-corrected chi connectivity index (χ3v) is 3.88. The first-order valence-corrected chi connectivity index (χ1v) is 8.84. The molecule has 0 amide bonds. The molecule has 2 atom stereocenters. The third-order valence-electron chi connectivity index (χ3n) is 3.88. The number of carbonyl (C=O) groups is 1. The summed E-state index contributed by atoms with van der Waals surface area (Å²) in [4.78, 5) is 10.3. The van der Waals surface area contributed by atoms with E-state index in [0.29, 0.717) is 12.8 Å². The van der Waals surface area contributed by atoms with Gasteiger partial charge in [0.25, 0.3) is 0 Å². The van der Waals surface area contributed by atoms with Crippen LogP contribution in [0.3, 0.4) is 0 Å². The number of rotatable bonds is 15. The maximum Gasteiger partial charge on any atom is 0.303 e. The smallest absolute Gasteiger partial charge is 0.303 e. The van der Waals surface area contributed by atoms with Gasteiger partial charge in [0.15, 0.2) is 0 Å². The highest BCUT2D eigenvalue weighted by molar-refractivity contribution is 5.66. The van der Waals surface area contributed by atoms with Crippen LogP contribution in [0.25, 0.3) is 0 Å². The summed E-state index contributed by atoms with van der Waals surface area (Å²) in [5.41, 5.74) is 0. The number of carboxylic acids is 1. The molecule has 4 heteroatoms. The maximum absolute atomic E-state index is 10.3. The van der Waals surface area contributed by atoms with Crippen LogP contribution in [0.5, 0.6) is 0 Å². The van der Waals surface area contributed by atoms with E-state index in [0.717, 1.165) is 44.9 Å². The van der Waals surface area contributed by atoms with Crippen LogP contribution in [0.4, 0.5) is 0 Å². The number of hydrogen-bond acceptors (Lipinski definition) is 3. The lowest BCUT2D eigenvalue weighted by Crippen LogP contribution is -2.26. The monoisotopic (exact) mass is 326 g/mol. The fourth-order valence-corrected chi connectivity index (χ4v) is 2.44. The van der Waals surface area contributed by atoms with E-state index in [4.69, 9.17) is 9.84 Å². The van der Waals surface area contributed by atoms with Crippen LogP contribution in [0.15, 0.2) is 24.3 Å². The summed E-state index contributed by atoms with van der Waals surface area (Å²) in [6.07, 6.45) is 16.9. The van der Waals surface area contributed by atoms with Crippen molar-refractivity contribution in [3.05, 3.63) is 24.3 Å². The predicted molar refractivity (Wildman–Crippen MR) is 94.6 cm³/mol. The minimum Gasteiger partial charge on any atom is -0.481 e. The lowest BCUT2D eigenvalue weighted by Gasteiger charge is -2.18. The first-order chi connectivity index (χ1) is 11.1. The van der Waals surface area contributed by atoms with Crippen molar-refractivity contribution in [3.63, 3.8) is 0 Å². The Morgan fingerprint density at radius 1 is 1.04 bits per heavy atom. The molecule has 0 saturated heterocycles. The number of unbranched alkanes of at least 4 members (excludes halogenated alkanes) is 5. The van der Waals surface area contributed by atoms with Gasteiger partial charge >= 0.3 is 5.97 Å². The van der Waals surface area contributed by atoms with E-state index >= 15 is 0 Å². The number of hydrogen-bond donors (Lipinski definition) is 2. The Morgan fingerprint density at radius 3 is 2.35 bits per heavy atom. The number of aliphatic carboxylic acids is 1. The van der Waals surface area contributed by atoms with Crippen LogP contribution in [0, 0.1) is 0 Å². The molecule has 0 unspecified atom stereocenters. The average Bonchev–Trinajstić information content (AvgIpc) is 2.52. The molecule has 23 heavy (non-hydrogen) atoms. The maximum atomic E-state index is 10.3. The minimum atomic E-state index is -0.694. The van der Waals surface area contributed by atoms with Crippen LogP contribution in [0.1, 0.15) is 71.1 Å². The summed E-state index contributed by atoms with van der Waals surface area (Å²) in [7, 11) is 1.63. The molecule has 0 radical (unpaired) electrons. The second-order valence-corrected chi connectivity index (χ2v) is 5.86. The molecule has 0 aliphatic heterocycles. The molecular formula is C19H34O4. The molecule has 0 aromatic heterocycles. The molecule has 0 spiro atoms. The predicted octanol–water partition coefficient (Wildman–Crippen LogP) is 4.48. The molecule has 0 rings (SSSR count). The van der Waals surface area contributed by atoms with E-state index in [2.05, 4.69) is 18.2 Å². The number of ether oxygens (including phenoxy) is 1. The Hall–Kier alpha value is -1.13. The summed E-state index contributed by atoms with van der Waals surface area (Å²) in [6, 6.07) is 0. The summed E-state index contributed by atoms with van der Waals surface area (Å²) in [6.45, 7) is 2.01. The molecule has 0 saturated carbocycles. The average molecular weight is 326 g/mol. The fraction of sp³-hybridized carbons (Fsp3) is 0.737. The molecule has 0 aromatic rings. The number of aliphatic hydroxyl groups excluding tert-OH is 1. The molecule has 4 nitrogen and oxygen atoms in total. The molecular weight excluding hydrogens is 292 g/mol. The zero-order valence-electron chi connectivity index (χ0n) is 14.7. The number of carboxylic acid groups (broad SMARTS) is 1. The van der Waals surface area contributed by atoms with Gasteiger partial charge in [-0.25, -0.2) is 0 Å². The van der Waals surface area contributed by atoms with Gasteiger partial charge in [-0.3, -0.25) is 4.79 Å². The van der Waals surface area contributed by atoms with Crippen molar-refractivity contribution in [3.8, 4) is 0 Å². The topological polar surface area (TPSA) is 66.8 Å². The Balaban J connectivity index is 3.46. The van der Waals surface area contributed by atoms with Gasteiger partial charge in [-0.15, -0.1) is 0 Å². The van der Waals surface area contributed by atoms with Crippen LogP contribution in [-0.2, 0) is 9.53 Å². The molecule has 0 aliphatic carbocycles. The molecule has 134 valence electrons. The van der Waals surface area contributed by atoms with Crippen molar-refractivity contribution in [2.24, 2.45) is 0 Å². The normalized spacial score (nSPS) is 14.6. The third kappa shape index (κ3) is 14.2. The Labute approximate surface area is 141 Å². The first-order valence-electron chi connectivity index (χ1n) is 8.84. The van der Waals surface area contributed by atoms with Gasteiger partial charge < -0.3 is 14.9 Å². The highest BCUT2D eigenvalue weighted by Gasteiger charge is 2.14. The quantitative estimate of drug-likeness (QED) is 0.344. The summed E-state index contributed by atoms with van der Waals surface area (Å²) in [5, 5.41) is 18.4. The molecule has 0 heterocycles. The van der Waals surface area contributed by atoms with Crippen molar-refractivity contribution < 1.29 is 19.7 Å². The molecule has 0 bridgehead atoms. The molecule has 2 N–H and O–H groups in total. The van der Waals surface area contributed by atoms with E-state index < -0.39 is 12.1 Å². The van der Waals surface area contributed by atoms with Crippen molar-refractivity contribution in [1.29, 1.82) is 0 Å². The van der Waals surface area contributed by atoms with Gasteiger partial charge in [0.2, 0.25) is 0 Å². The van der Waals surface area contributed by atoms with E-state index in [1.807, 2.05) is 13.0 Å². The van der Waals surface area contributed by atoms with Crippen LogP contribution >= 0.6 is 0 Å². The van der Waals surface area contributed by atoms with E-state index in [1.54, 1.807) is 7.11 Å². The van der Waals surface area contributed by atoms with Gasteiger partial charge in [-0.2, -0.15) is 0 Å². The number of aliphatic hydroxyl groups is 1. The van der Waals surface area contributed by atoms with Gasteiger partial charge in [0.05, 0.1) is 12.2 Å². The number of allylic oxidation sites excluding steroid dienone is 3. The largest absolute Gasteiger partial charge is 0.481 e. The molecule has 0 aromatic carbocycles. The van der Waals surface area contributed by atoms with E-state index in [-0.39, 0.29) is 6.10 Å². The highest BCUT2D eigenvalue weighted by atomic mass is 16.5. The van der Waals surface area contributed by atoms with Gasteiger partial charge in [0.1, 0.15) is 0 Å². The zero-order valence-corrected chi connectivity index (χ0v) is 14.7. The highest BCUT2D eigenvalue weighted by Crippen LogP contribution is 2.09. The zero-order chi connectivity index (χ0) is 17.3.